The minimum Gasteiger partial charge on any atom is -0.346 e. The fourth-order valence-electron chi connectivity index (χ4n) is 2.65. The van der Waals surface area contributed by atoms with Crippen LogP contribution in [-0.4, -0.2) is 17.6 Å². The number of carbonyl (C=O) groups excluding carboxylic acids is 2. The van der Waals surface area contributed by atoms with Crippen molar-refractivity contribution in [2.75, 3.05) is 11.1 Å². The molecule has 5 heteroatoms. The van der Waals surface area contributed by atoms with E-state index in [4.69, 9.17) is 0 Å². The number of amides is 2. The second-order valence-electron chi connectivity index (χ2n) is 5.60. The summed E-state index contributed by atoms with van der Waals surface area (Å²) < 4.78 is 0. The second kappa shape index (κ2) is 6.46. The predicted molar refractivity (Wildman–Crippen MR) is 92.9 cm³/mol. The van der Waals surface area contributed by atoms with Crippen LogP contribution in [0.2, 0.25) is 0 Å². The van der Waals surface area contributed by atoms with Crippen LogP contribution in [0.15, 0.2) is 47.4 Å². The van der Waals surface area contributed by atoms with Crippen LogP contribution < -0.4 is 10.6 Å². The van der Waals surface area contributed by atoms with Crippen molar-refractivity contribution in [3.63, 3.8) is 0 Å². The fourth-order valence-corrected chi connectivity index (χ4v) is 3.44. The maximum atomic E-state index is 12.5. The molecule has 1 aliphatic rings. The lowest BCUT2D eigenvalue weighted by Crippen LogP contribution is -2.27. The predicted octanol–water partition coefficient (Wildman–Crippen LogP) is 3.53. The molecule has 0 fully saturated rings. The summed E-state index contributed by atoms with van der Waals surface area (Å²) >= 11 is 1.49. The molecular formula is C18H18N2O2S. The number of carbonyl (C=O) groups is 2. The average molecular weight is 326 g/mol. The number of hydrogen-bond acceptors (Lipinski definition) is 3. The fraction of sp³-hybridized carbons (Fsp3) is 0.222. The molecule has 0 aliphatic carbocycles. The molecule has 0 saturated carbocycles. The molecule has 3 rings (SSSR count). The molecule has 1 heterocycles. The van der Waals surface area contributed by atoms with E-state index in [0.717, 1.165) is 16.0 Å². The van der Waals surface area contributed by atoms with E-state index in [9.17, 15) is 9.59 Å². The Labute approximate surface area is 139 Å². The van der Waals surface area contributed by atoms with E-state index in [1.165, 1.54) is 11.8 Å². The third kappa shape index (κ3) is 3.40. The molecule has 2 aromatic rings. The molecule has 2 N–H and O–H groups in total. The van der Waals surface area contributed by atoms with Crippen molar-refractivity contribution < 1.29 is 9.59 Å². The lowest BCUT2D eigenvalue weighted by atomic mass is 10.0. The van der Waals surface area contributed by atoms with Crippen LogP contribution in [0.4, 0.5) is 5.69 Å². The van der Waals surface area contributed by atoms with E-state index in [0.29, 0.717) is 17.0 Å². The van der Waals surface area contributed by atoms with Gasteiger partial charge in [0.1, 0.15) is 0 Å². The van der Waals surface area contributed by atoms with Crippen LogP contribution in [0, 0.1) is 6.92 Å². The van der Waals surface area contributed by atoms with Crippen LogP contribution >= 0.6 is 11.8 Å². The zero-order valence-corrected chi connectivity index (χ0v) is 13.9. The van der Waals surface area contributed by atoms with Gasteiger partial charge in [0.15, 0.2) is 0 Å². The summed E-state index contributed by atoms with van der Waals surface area (Å²) in [6.07, 6.45) is 0. The third-order valence-electron chi connectivity index (χ3n) is 3.88. The first-order valence-electron chi connectivity index (χ1n) is 7.47. The van der Waals surface area contributed by atoms with Crippen molar-refractivity contribution in [1.82, 2.24) is 5.32 Å². The summed E-state index contributed by atoms with van der Waals surface area (Å²) in [6, 6.07) is 13.3. The molecule has 2 amide bonds. The highest BCUT2D eigenvalue weighted by Gasteiger charge is 2.18. The molecule has 118 valence electrons. The van der Waals surface area contributed by atoms with Gasteiger partial charge < -0.3 is 10.6 Å². The molecule has 23 heavy (non-hydrogen) atoms. The van der Waals surface area contributed by atoms with Crippen LogP contribution in [0.1, 0.15) is 34.5 Å². The largest absolute Gasteiger partial charge is 0.346 e. The summed E-state index contributed by atoms with van der Waals surface area (Å²) in [5.41, 5.74) is 3.51. The van der Waals surface area contributed by atoms with Gasteiger partial charge in [-0.25, -0.2) is 0 Å². The van der Waals surface area contributed by atoms with E-state index in [1.54, 1.807) is 12.1 Å². The second-order valence-corrected chi connectivity index (χ2v) is 6.62. The molecule has 1 aliphatic heterocycles. The Bertz CT molecular complexity index is 773. The van der Waals surface area contributed by atoms with E-state index in [-0.39, 0.29) is 17.9 Å². The van der Waals surface area contributed by atoms with Gasteiger partial charge in [-0.15, -0.1) is 11.8 Å². The Morgan fingerprint density at radius 1 is 1.26 bits per heavy atom. The average Bonchev–Trinajstić information content (AvgIpc) is 2.54. The maximum Gasteiger partial charge on any atom is 0.251 e. The Hall–Kier alpha value is -2.27. The molecule has 1 unspecified atom stereocenters. The summed E-state index contributed by atoms with van der Waals surface area (Å²) in [7, 11) is 0. The van der Waals surface area contributed by atoms with Gasteiger partial charge in [-0.1, -0.05) is 24.3 Å². The topological polar surface area (TPSA) is 58.2 Å². The molecular weight excluding hydrogens is 308 g/mol. The Morgan fingerprint density at radius 2 is 2.04 bits per heavy atom. The summed E-state index contributed by atoms with van der Waals surface area (Å²) in [5.74, 6) is 0.241. The number of nitrogens with one attached hydrogen (secondary N) is 2. The van der Waals surface area contributed by atoms with Gasteiger partial charge >= 0.3 is 0 Å². The number of benzene rings is 2. The first-order chi connectivity index (χ1) is 11.0. The molecule has 2 aromatic carbocycles. The Balaban J connectivity index is 1.77. The number of thioether (sulfide) groups is 1. The molecule has 0 aromatic heterocycles. The zero-order chi connectivity index (χ0) is 16.4. The first-order valence-corrected chi connectivity index (χ1v) is 8.46. The van der Waals surface area contributed by atoms with Crippen LogP contribution in [0.5, 0.6) is 0 Å². The van der Waals surface area contributed by atoms with Crippen molar-refractivity contribution in [1.29, 1.82) is 0 Å². The number of aryl methyl sites for hydroxylation is 1. The van der Waals surface area contributed by atoms with Gasteiger partial charge in [0.2, 0.25) is 5.91 Å². The molecule has 0 bridgehead atoms. The van der Waals surface area contributed by atoms with Crippen LogP contribution in [0.3, 0.4) is 0 Å². The van der Waals surface area contributed by atoms with Crippen molar-refractivity contribution in [3.05, 3.63) is 59.2 Å². The number of hydrogen-bond donors (Lipinski definition) is 2. The van der Waals surface area contributed by atoms with Crippen molar-refractivity contribution in [2.45, 2.75) is 24.8 Å². The number of rotatable bonds is 3. The number of anilines is 1. The first kappa shape index (κ1) is 15.6. The summed E-state index contributed by atoms with van der Waals surface area (Å²) in [5, 5.41) is 5.82. The molecule has 1 atom stereocenters. The van der Waals surface area contributed by atoms with Crippen molar-refractivity contribution >= 4 is 29.3 Å². The highest BCUT2D eigenvalue weighted by Crippen LogP contribution is 2.32. The zero-order valence-electron chi connectivity index (χ0n) is 13.1. The van der Waals surface area contributed by atoms with Crippen LogP contribution in [0.25, 0.3) is 0 Å². The lowest BCUT2D eigenvalue weighted by molar-refractivity contribution is -0.113. The maximum absolute atomic E-state index is 12.5. The van der Waals surface area contributed by atoms with E-state index >= 15 is 0 Å². The van der Waals surface area contributed by atoms with Gasteiger partial charge in [0.25, 0.3) is 5.91 Å². The summed E-state index contributed by atoms with van der Waals surface area (Å²) in [4.78, 5) is 24.9. The Morgan fingerprint density at radius 3 is 2.83 bits per heavy atom. The van der Waals surface area contributed by atoms with Gasteiger partial charge in [-0.3, -0.25) is 9.59 Å². The number of fused-ring (bicyclic) bond motifs is 1. The monoisotopic (exact) mass is 326 g/mol. The highest BCUT2D eigenvalue weighted by atomic mass is 32.2. The standard InChI is InChI=1S/C18H18N2O2S/c1-11-5-3-4-6-14(11)12(2)19-18(22)13-7-8-16-15(9-13)20-17(21)10-23-16/h3-9,12H,10H2,1-2H3,(H,19,22)(H,20,21). The minimum atomic E-state index is -0.145. The lowest BCUT2D eigenvalue weighted by Gasteiger charge is -2.19. The normalized spacial score (nSPS) is 14.6. The van der Waals surface area contributed by atoms with Crippen molar-refractivity contribution in [2.24, 2.45) is 0 Å². The Kier molecular flexibility index (Phi) is 4.39. The van der Waals surface area contributed by atoms with Gasteiger partial charge in [0.05, 0.1) is 17.5 Å². The molecule has 0 saturated heterocycles. The smallest absolute Gasteiger partial charge is 0.251 e. The van der Waals surface area contributed by atoms with Gasteiger partial charge in [-0.05, 0) is 43.2 Å². The van der Waals surface area contributed by atoms with E-state index in [1.807, 2.05) is 44.2 Å². The van der Waals surface area contributed by atoms with E-state index in [2.05, 4.69) is 10.6 Å². The van der Waals surface area contributed by atoms with Crippen molar-refractivity contribution in [3.8, 4) is 0 Å². The third-order valence-corrected chi connectivity index (χ3v) is 4.95. The van der Waals surface area contributed by atoms with Crippen LogP contribution in [-0.2, 0) is 4.79 Å². The highest BCUT2D eigenvalue weighted by molar-refractivity contribution is 8.00. The summed E-state index contributed by atoms with van der Waals surface area (Å²) in [6.45, 7) is 4.00. The molecule has 4 nitrogen and oxygen atoms in total. The van der Waals surface area contributed by atoms with Gasteiger partial charge in [0, 0.05) is 10.5 Å². The SMILES string of the molecule is Cc1ccccc1C(C)NC(=O)c1ccc2c(c1)NC(=O)CS2. The molecule has 0 radical (unpaired) electrons. The minimum absolute atomic E-state index is 0.0339. The van der Waals surface area contributed by atoms with Gasteiger partial charge in [-0.2, -0.15) is 0 Å². The molecule has 0 spiro atoms. The van der Waals surface area contributed by atoms with E-state index < -0.39 is 0 Å². The quantitative estimate of drug-likeness (QED) is 0.907.